The number of hydrogen-bond donors (Lipinski definition) is 0. The van der Waals surface area contributed by atoms with Crippen LogP contribution in [0.3, 0.4) is 0 Å². The molecule has 2 aliphatic rings. The first-order valence-electron chi connectivity index (χ1n) is 23.3. The van der Waals surface area contributed by atoms with Crippen molar-refractivity contribution in [3.63, 3.8) is 0 Å². The minimum Gasteiger partial charge on any atom is -0.435 e. The predicted octanol–water partition coefficient (Wildman–Crippen LogP) is 15.2. The molecule has 4 heterocycles. The zero-order valence-corrected chi connectivity index (χ0v) is 39.4. The Morgan fingerprint density at radius 2 is 0.535 bits per heavy atom. The van der Waals surface area contributed by atoms with E-state index in [0.717, 1.165) is 89.6 Å². The van der Waals surface area contributed by atoms with Crippen molar-refractivity contribution in [1.29, 1.82) is 0 Å². The summed E-state index contributed by atoms with van der Waals surface area (Å²) in [6, 6.07) is 86.3. The molecule has 10 aromatic rings. The standard InChI is InChI=1S/2C32H22N3.Ni/c2*1-5-13-23(14-6-1)27-21-29(25-17-9-3-10-18-25)33-31(27)35-32-28(24-15-7-2-8-16-24)22-30(34-32)26-19-11-4-12-20-26;/h2*1-22H;/q2*-1;+2/b2*35-31-;. The van der Waals surface area contributed by atoms with Crippen LogP contribution < -0.4 is 9.97 Å². The second kappa shape index (κ2) is 21.5. The Morgan fingerprint density at radius 3 is 0.831 bits per heavy atom. The van der Waals surface area contributed by atoms with Gasteiger partial charge in [0.1, 0.15) is 0 Å². The summed E-state index contributed by atoms with van der Waals surface area (Å²) >= 11 is 0. The first kappa shape index (κ1) is 45.7. The fraction of sp³-hybridized carbons (Fsp3) is 0. The van der Waals surface area contributed by atoms with E-state index in [9.17, 15) is 0 Å². The van der Waals surface area contributed by atoms with Crippen LogP contribution in [0.5, 0.6) is 0 Å². The summed E-state index contributed by atoms with van der Waals surface area (Å²) in [5.74, 6) is 2.68. The molecule has 12 rings (SSSR count). The number of amidine groups is 2. The first-order chi connectivity index (χ1) is 34.7. The Kier molecular flexibility index (Phi) is 13.9. The predicted molar refractivity (Wildman–Crippen MR) is 290 cm³/mol. The molecule has 2 aromatic heterocycles. The van der Waals surface area contributed by atoms with Crippen molar-refractivity contribution in [2.24, 2.45) is 20.0 Å². The number of aromatic nitrogens is 2. The summed E-state index contributed by atoms with van der Waals surface area (Å²) in [5, 5.41) is 0. The van der Waals surface area contributed by atoms with Gasteiger partial charge in [-0.3, -0.25) is 9.98 Å². The van der Waals surface area contributed by atoms with Gasteiger partial charge in [-0.05, 0) is 79.7 Å². The zero-order chi connectivity index (χ0) is 46.9. The molecule has 340 valence electrons. The molecule has 0 atom stereocenters. The van der Waals surface area contributed by atoms with Crippen LogP contribution in [-0.2, 0) is 16.5 Å². The summed E-state index contributed by atoms with van der Waals surface area (Å²) < 4.78 is 0. The smallest absolute Gasteiger partial charge is 0.435 e. The largest absolute Gasteiger partial charge is 2.00 e. The van der Waals surface area contributed by atoms with Gasteiger partial charge in [-0.2, -0.15) is 0 Å². The molecule has 7 heteroatoms. The molecule has 0 saturated heterocycles. The maximum absolute atomic E-state index is 5.06. The van der Waals surface area contributed by atoms with Gasteiger partial charge in [-0.1, -0.05) is 255 Å². The van der Waals surface area contributed by atoms with E-state index in [-0.39, 0.29) is 16.5 Å². The molecule has 0 bridgehead atoms. The van der Waals surface area contributed by atoms with Crippen LogP contribution in [-0.4, -0.2) is 23.1 Å². The second-order valence-electron chi connectivity index (χ2n) is 16.7. The molecule has 71 heavy (non-hydrogen) atoms. The third kappa shape index (κ3) is 10.4. The molecule has 0 unspecified atom stereocenters. The van der Waals surface area contributed by atoms with Gasteiger partial charge in [0, 0.05) is 22.3 Å². The minimum absolute atomic E-state index is 0. The number of rotatable bonds is 10. The van der Waals surface area contributed by atoms with Crippen LogP contribution in [0, 0.1) is 0 Å². The molecule has 0 radical (unpaired) electrons. The number of nitrogens with zero attached hydrogens (tertiary/aromatic N) is 6. The van der Waals surface area contributed by atoms with E-state index in [1.807, 2.05) is 146 Å². The van der Waals surface area contributed by atoms with Gasteiger partial charge in [0.25, 0.3) is 0 Å². The third-order valence-electron chi connectivity index (χ3n) is 12.0. The van der Waals surface area contributed by atoms with Crippen LogP contribution in [0.25, 0.3) is 55.9 Å². The first-order valence-corrected chi connectivity index (χ1v) is 23.3. The number of benzene rings is 8. The van der Waals surface area contributed by atoms with Crippen LogP contribution in [0.2, 0.25) is 0 Å². The van der Waals surface area contributed by atoms with Gasteiger partial charge in [-0.25, -0.2) is 0 Å². The van der Waals surface area contributed by atoms with Gasteiger partial charge < -0.3 is 20.0 Å². The topological polar surface area (TPSA) is 77.6 Å². The van der Waals surface area contributed by atoms with Gasteiger partial charge in [0.2, 0.25) is 0 Å². The number of allylic oxidation sites excluding steroid dienone is 2. The second-order valence-corrected chi connectivity index (χ2v) is 16.7. The Morgan fingerprint density at radius 1 is 0.282 bits per heavy atom. The molecule has 8 aromatic carbocycles. The molecule has 0 N–H and O–H groups in total. The van der Waals surface area contributed by atoms with E-state index in [4.69, 9.17) is 29.9 Å². The van der Waals surface area contributed by atoms with Gasteiger partial charge in [0.05, 0.1) is 23.1 Å². The fourth-order valence-corrected chi connectivity index (χ4v) is 8.52. The van der Waals surface area contributed by atoms with Crippen molar-refractivity contribution in [3.8, 4) is 44.8 Å². The van der Waals surface area contributed by atoms with Gasteiger partial charge >= 0.3 is 16.5 Å². The van der Waals surface area contributed by atoms with E-state index in [0.29, 0.717) is 23.3 Å². The summed E-state index contributed by atoms with van der Waals surface area (Å²) in [6.07, 6.45) is 4.24. The maximum atomic E-state index is 5.06. The molecule has 0 spiro atoms. The van der Waals surface area contributed by atoms with Crippen molar-refractivity contribution in [2.45, 2.75) is 0 Å². The van der Waals surface area contributed by atoms with E-state index in [2.05, 4.69) is 121 Å². The number of aliphatic imine (C=N–C) groups is 4. The Balaban J connectivity index is 0.000000162. The molecule has 0 saturated carbocycles. The quantitative estimate of drug-likeness (QED) is 0.128. The van der Waals surface area contributed by atoms with Crippen molar-refractivity contribution >= 4 is 45.9 Å². The normalized spacial score (nSPS) is 13.9. The van der Waals surface area contributed by atoms with E-state index >= 15 is 0 Å². The molecule has 0 amide bonds. The number of hydrogen-bond acceptors (Lipinski definition) is 2. The molecule has 0 aliphatic carbocycles. The Labute approximate surface area is 424 Å². The average molecular weight is 956 g/mol. The maximum Gasteiger partial charge on any atom is 2.00 e. The van der Waals surface area contributed by atoms with Crippen LogP contribution in [0.15, 0.2) is 287 Å². The van der Waals surface area contributed by atoms with Crippen LogP contribution in [0.4, 0.5) is 11.6 Å². The molecule has 6 nitrogen and oxygen atoms in total. The van der Waals surface area contributed by atoms with Crippen molar-refractivity contribution < 1.29 is 16.5 Å². The molecular weight excluding hydrogens is 911 g/mol. The van der Waals surface area contributed by atoms with Crippen molar-refractivity contribution in [3.05, 3.63) is 289 Å². The zero-order valence-electron chi connectivity index (χ0n) is 38.4. The Hall–Kier alpha value is -9.03. The van der Waals surface area contributed by atoms with Crippen molar-refractivity contribution in [1.82, 2.24) is 9.97 Å². The SMILES string of the molecule is C1=C(c2ccccc2)/C(=N/c2[n-]c(-c3ccccc3)cc2-c2ccccc2)N=C1c1ccccc1.C1=C(c2ccccc2)/C(=N/c2[n-]c(-c3ccccc3)cc2-c2ccccc2)N=C1c1ccccc1.[Ni+2]. The average Bonchev–Trinajstić information content (AvgIpc) is 4.27. The summed E-state index contributed by atoms with van der Waals surface area (Å²) in [5.41, 5.74) is 16.2. The van der Waals surface area contributed by atoms with Gasteiger partial charge in [0.15, 0.2) is 0 Å². The van der Waals surface area contributed by atoms with Crippen molar-refractivity contribution in [2.75, 3.05) is 0 Å². The summed E-state index contributed by atoms with van der Waals surface area (Å²) in [7, 11) is 0. The van der Waals surface area contributed by atoms with E-state index < -0.39 is 0 Å². The summed E-state index contributed by atoms with van der Waals surface area (Å²) in [6.45, 7) is 0. The van der Waals surface area contributed by atoms with Gasteiger partial charge in [-0.15, -0.1) is 0 Å². The molecule has 0 fully saturated rings. The minimum atomic E-state index is 0. The van der Waals surface area contributed by atoms with Crippen LogP contribution >= 0.6 is 0 Å². The van der Waals surface area contributed by atoms with Crippen LogP contribution in [0.1, 0.15) is 22.3 Å². The van der Waals surface area contributed by atoms with E-state index in [1.165, 1.54) is 0 Å². The fourth-order valence-electron chi connectivity index (χ4n) is 8.52. The summed E-state index contributed by atoms with van der Waals surface area (Å²) in [4.78, 5) is 30.0. The monoisotopic (exact) mass is 954 g/mol. The Bertz CT molecular complexity index is 3340. The van der Waals surface area contributed by atoms with E-state index in [1.54, 1.807) is 0 Å². The third-order valence-corrected chi connectivity index (χ3v) is 12.0. The molecular formula is C64H44N6Ni. The molecule has 2 aliphatic heterocycles.